The first-order valence-electron chi connectivity index (χ1n) is 8.59. The Morgan fingerprint density at radius 3 is 2.71 bits per heavy atom. The predicted molar refractivity (Wildman–Crippen MR) is 105 cm³/mol. The van der Waals surface area contributed by atoms with E-state index in [0.717, 1.165) is 18.8 Å². The highest BCUT2D eigenvalue weighted by atomic mass is 32.1. The second kappa shape index (κ2) is 7.42. The summed E-state index contributed by atoms with van der Waals surface area (Å²) in [4.78, 5) is 4.60. The third kappa shape index (κ3) is 3.82. The number of thiocarbonyl (C=S) groups is 1. The summed E-state index contributed by atoms with van der Waals surface area (Å²) in [5.74, 6) is 4.09. The number of terminal acetylenes is 1. The minimum atomic E-state index is 0.440. The molecule has 0 radical (unpaired) electrons. The summed E-state index contributed by atoms with van der Waals surface area (Å²) >= 11 is 5.44. The van der Waals surface area contributed by atoms with Crippen LogP contribution in [0.5, 0.6) is 0 Å². The molecule has 3 aliphatic heterocycles. The number of piperidine rings is 3. The molecule has 1 aromatic carbocycles. The number of nitrogens with zero attached hydrogens (tertiary/aromatic N) is 2. The van der Waals surface area contributed by atoms with Crippen LogP contribution in [0.25, 0.3) is 0 Å². The Labute approximate surface area is 150 Å². The van der Waals surface area contributed by atoms with E-state index in [1.807, 2.05) is 26.2 Å². The maximum Gasteiger partial charge on any atom is 0.170 e. The van der Waals surface area contributed by atoms with Crippen LogP contribution in [0.1, 0.15) is 12.8 Å². The lowest BCUT2D eigenvalue weighted by molar-refractivity contribution is 0.0248. The molecule has 0 aliphatic carbocycles. The highest BCUT2D eigenvalue weighted by Crippen LogP contribution is 2.35. The van der Waals surface area contributed by atoms with Crippen molar-refractivity contribution in [3.8, 4) is 12.3 Å². The van der Waals surface area contributed by atoms with E-state index in [-0.39, 0.29) is 0 Å². The van der Waals surface area contributed by atoms with Gasteiger partial charge in [0.25, 0.3) is 0 Å². The molecule has 4 nitrogen and oxygen atoms in total. The van der Waals surface area contributed by atoms with Gasteiger partial charge in [-0.3, -0.25) is 4.90 Å². The van der Waals surface area contributed by atoms with E-state index >= 15 is 0 Å². The van der Waals surface area contributed by atoms with Crippen molar-refractivity contribution in [1.29, 1.82) is 0 Å². The van der Waals surface area contributed by atoms with Crippen LogP contribution in [-0.2, 0) is 0 Å². The molecule has 3 fully saturated rings. The van der Waals surface area contributed by atoms with Gasteiger partial charge in [0.1, 0.15) is 0 Å². The molecule has 2 bridgehead atoms. The third-order valence-electron chi connectivity index (χ3n) is 5.23. The Morgan fingerprint density at radius 2 is 2.12 bits per heavy atom. The zero-order valence-electron chi connectivity index (χ0n) is 14.5. The van der Waals surface area contributed by atoms with E-state index in [0.29, 0.717) is 23.0 Å². The minimum Gasteiger partial charge on any atom is -0.378 e. The molecule has 2 N–H and O–H groups in total. The van der Waals surface area contributed by atoms with Crippen LogP contribution in [0.4, 0.5) is 11.4 Å². The van der Waals surface area contributed by atoms with Crippen molar-refractivity contribution in [3.05, 3.63) is 24.3 Å². The third-order valence-corrected chi connectivity index (χ3v) is 5.48. The molecule has 3 heterocycles. The lowest BCUT2D eigenvalue weighted by Crippen LogP contribution is -2.56. The zero-order valence-corrected chi connectivity index (χ0v) is 15.3. The smallest absolute Gasteiger partial charge is 0.170 e. The van der Waals surface area contributed by atoms with Crippen LogP contribution in [0, 0.1) is 24.2 Å². The molecular weight excluding hydrogens is 316 g/mol. The van der Waals surface area contributed by atoms with Crippen LogP contribution in [0.2, 0.25) is 0 Å². The number of nitrogens with one attached hydrogen (secondary N) is 2. The molecule has 4 atom stereocenters. The molecule has 5 heteroatoms. The lowest BCUT2D eigenvalue weighted by Gasteiger charge is -2.48. The average Bonchev–Trinajstić information content (AvgIpc) is 2.60. The molecule has 3 saturated heterocycles. The topological polar surface area (TPSA) is 30.5 Å². The Morgan fingerprint density at radius 1 is 1.38 bits per heavy atom. The van der Waals surface area contributed by atoms with Crippen molar-refractivity contribution in [1.82, 2.24) is 10.2 Å². The highest BCUT2D eigenvalue weighted by Gasteiger charge is 2.39. The molecule has 24 heavy (non-hydrogen) atoms. The predicted octanol–water partition coefficient (Wildman–Crippen LogP) is 2.38. The van der Waals surface area contributed by atoms with Crippen molar-refractivity contribution in [3.63, 3.8) is 0 Å². The molecule has 0 amide bonds. The monoisotopic (exact) mass is 342 g/mol. The van der Waals surface area contributed by atoms with Crippen molar-refractivity contribution >= 4 is 28.7 Å². The van der Waals surface area contributed by atoms with E-state index in [1.54, 1.807) is 0 Å². The fraction of sp³-hybridized carbons (Fsp3) is 0.526. The van der Waals surface area contributed by atoms with Crippen LogP contribution >= 0.6 is 12.2 Å². The van der Waals surface area contributed by atoms with E-state index in [1.165, 1.54) is 25.1 Å². The highest BCUT2D eigenvalue weighted by molar-refractivity contribution is 7.80. The second-order valence-electron chi connectivity index (χ2n) is 6.98. The number of anilines is 2. The van der Waals surface area contributed by atoms with Crippen LogP contribution in [0.15, 0.2) is 24.3 Å². The normalized spacial score (nSPS) is 28.0. The maximum atomic E-state index is 5.65. The van der Waals surface area contributed by atoms with Crippen molar-refractivity contribution in [2.24, 2.45) is 11.8 Å². The summed E-state index contributed by atoms with van der Waals surface area (Å²) in [5.41, 5.74) is 2.18. The molecular formula is C19H26N4S. The van der Waals surface area contributed by atoms with Crippen molar-refractivity contribution in [2.75, 3.05) is 43.9 Å². The summed E-state index contributed by atoms with van der Waals surface area (Å²) in [6, 6.07) is 8.80. The summed E-state index contributed by atoms with van der Waals surface area (Å²) < 4.78 is 0. The van der Waals surface area contributed by atoms with Gasteiger partial charge in [0.2, 0.25) is 0 Å². The first kappa shape index (κ1) is 17.1. The van der Waals surface area contributed by atoms with Gasteiger partial charge in [0.05, 0.1) is 0 Å². The summed E-state index contributed by atoms with van der Waals surface area (Å²) in [5, 5.41) is 7.32. The first-order valence-corrected chi connectivity index (χ1v) is 9.00. The molecule has 0 saturated carbocycles. The van der Waals surface area contributed by atoms with Crippen molar-refractivity contribution < 1.29 is 0 Å². The van der Waals surface area contributed by atoms with E-state index < -0.39 is 0 Å². The van der Waals surface area contributed by atoms with E-state index in [2.05, 4.69) is 38.5 Å². The van der Waals surface area contributed by atoms with Gasteiger partial charge in [-0.2, -0.15) is 0 Å². The fourth-order valence-corrected chi connectivity index (χ4v) is 3.97. The molecule has 0 aromatic heterocycles. The quantitative estimate of drug-likeness (QED) is 0.648. The number of hydrogen-bond acceptors (Lipinski definition) is 3. The standard InChI is InChI=1S/C19H26N4S/c1-4-14-13-23-10-9-15(14)11-18(23)12-20-19(24)21-16-5-7-17(8-6-16)22(2)3/h1,5-8,14-15,18H,9-13H2,2-3H3,(H2,20,21,24). The number of benzene rings is 1. The Balaban J connectivity index is 1.47. The van der Waals surface area contributed by atoms with Gasteiger partial charge in [0.15, 0.2) is 5.11 Å². The van der Waals surface area contributed by atoms with Gasteiger partial charge in [-0.15, -0.1) is 12.3 Å². The van der Waals surface area contributed by atoms with E-state index in [9.17, 15) is 0 Å². The number of hydrogen-bond donors (Lipinski definition) is 2. The summed E-state index contributed by atoms with van der Waals surface area (Å²) in [7, 11) is 4.07. The fourth-order valence-electron chi connectivity index (χ4n) is 3.77. The Kier molecular flexibility index (Phi) is 5.27. The molecule has 4 unspecified atom stereocenters. The molecule has 128 valence electrons. The van der Waals surface area contributed by atoms with Crippen LogP contribution < -0.4 is 15.5 Å². The van der Waals surface area contributed by atoms with Gasteiger partial charge in [-0.1, -0.05) is 0 Å². The maximum absolute atomic E-state index is 5.65. The largest absolute Gasteiger partial charge is 0.378 e. The molecule has 0 spiro atoms. The number of rotatable bonds is 4. The first-order chi connectivity index (χ1) is 11.6. The van der Waals surface area contributed by atoms with Gasteiger partial charge < -0.3 is 15.5 Å². The average molecular weight is 343 g/mol. The van der Waals surface area contributed by atoms with E-state index in [4.69, 9.17) is 18.6 Å². The minimum absolute atomic E-state index is 0.440. The van der Waals surface area contributed by atoms with Gasteiger partial charge >= 0.3 is 0 Å². The van der Waals surface area contributed by atoms with Gasteiger partial charge in [0, 0.05) is 50.5 Å². The Bertz CT molecular complexity index is 619. The summed E-state index contributed by atoms with van der Waals surface area (Å²) in [6.07, 6.45) is 8.07. The van der Waals surface area contributed by atoms with Crippen LogP contribution in [-0.4, -0.2) is 49.8 Å². The summed E-state index contributed by atoms with van der Waals surface area (Å²) in [6.45, 7) is 3.09. The number of fused-ring (bicyclic) bond motifs is 3. The van der Waals surface area contributed by atoms with Gasteiger partial charge in [-0.05, 0) is 61.8 Å². The van der Waals surface area contributed by atoms with Crippen LogP contribution in [0.3, 0.4) is 0 Å². The zero-order chi connectivity index (χ0) is 17.1. The molecule has 3 aliphatic rings. The second-order valence-corrected chi connectivity index (χ2v) is 7.39. The van der Waals surface area contributed by atoms with Gasteiger partial charge in [-0.25, -0.2) is 0 Å². The SMILES string of the molecule is C#CC1CN2CCC1CC2CNC(=S)Nc1ccc(N(C)C)cc1. The molecule has 1 aromatic rings. The Hall–Kier alpha value is -1.77. The van der Waals surface area contributed by atoms with Crippen molar-refractivity contribution in [2.45, 2.75) is 18.9 Å². The lowest BCUT2D eigenvalue weighted by atomic mass is 9.76. The molecule has 4 rings (SSSR count).